The summed E-state index contributed by atoms with van der Waals surface area (Å²) >= 11 is 0. The van der Waals surface area contributed by atoms with Crippen molar-refractivity contribution in [3.8, 4) is 33.4 Å². The van der Waals surface area contributed by atoms with Crippen molar-refractivity contribution in [1.29, 1.82) is 0 Å². The van der Waals surface area contributed by atoms with E-state index in [1.165, 1.54) is 71.1 Å². The van der Waals surface area contributed by atoms with Crippen LogP contribution in [0.15, 0.2) is 156 Å². The molecule has 0 fully saturated rings. The zero-order valence-corrected chi connectivity index (χ0v) is 29.1. The van der Waals surface area contributed by atoms with Gasteiger partial charge in [0.15, 0.2) is 0 Å². The predicted molar refractivity (Wildman–Crippen MR) is 217 cm³/mol. The molecule has 0 saturated heterocycles. The van der Waals surface area contributed by atoms with Crippen molar-refractivity contribution < 1.29 is 9.15 Å². The number of aryl methyl sites for hydroxylation is 1. The average molecular weight is 659 g/mol. The van der Waals surface area contributed by atoms with E-state index in [4.69, 9.17) is 9.15 Å². The number of benzene rings is 8. The maximum absolute atomic E-state index is 6.53. The second-order valence-corrected chi connectivity index (χ2v) is 13.4. The van der Waals surface area contributed by atoms with Crippen molar-refractivity contribution in [2.24, 2.45) is 0 Å². The van der Waals surface area contributed by atoms with Crippen LogP contribution in [0.4, 0.5) is 0 Å². The summed E-state index contributed by atoms with van der Waals surface area (Å²) in [6.45, 7) is 6.85. The van der Waals surface area contributed by atoms with Gasteiger partial charge in [0.05, 0.1) is 6.10 Å². The van der Waals surface area contributed by atoms with Gasteiger partial charge in [-0.3, -0.25) is 0 Å². The van der Waals surface area contributed by atoms with Crippen molar-refractivity contribution in [3.63, 3.8) is 0 Å². The summed E-state index contributed by atoms with van der Waals surface area (Å²) in [6, 6.07) is 53.2. The molecule has 0 saturated carbocycles. The van der Waals surface area contributed by atoms with Crippen molar-refractivity contribution in [2.75, 3.05) is 6.61 Å². The Hall–Kier alpha value is -5.96. The molecule has 9 rings (SSSR count). The second-order valence-electron chi connectivity index (χ2n) is 13.4. The molecule has 1 unspecified atom stereocenters. The molecule has 1 aromatic heterocycles. The number of hydrogen-bond donors (Lipinski definition) is 0. The van der Waals surface area contributed by atoms with Crippen molar-refractivity contribution in [1.82, 2.24) is 0 Å². The monoisotopic (exact) mass is 658 g/mol. The third-order valence-electron chi connectivity index (χ3n) is 10.3. The normalized spacial score (nSPS) is 12.6. The van der Waals surface area contributed by atoms with Crippen LogP contribution in [0, 0.1) is 6.92 Å². The molecular formula is C49H38O2. The minimum atomic E-state index is 0.0128. The Morgan fingerprint density at radius 1 is 0.549 bits per heavy atom. The molecule has 1 heterocycles. The quantitative estimate of drug-likeness (QED) is 0.159. The van der Waals surface area contributed by atoms with E-state index in [1.54, 1.807) is 0 Å². The Labute approximate surface area is 298 Å². The molecule has 0 spiro atoms. The number of rotatable bonds is 7. The van der Waals surface area contributed by atoms with Crippen LogP contribution in [0.25, 0.3) is 93.5 Å². The summed E-state index contributed by atoms with van der Waals surface area (Å²) in [5.41, 5.74) is 9.39. The zero-order valence-electron chi connectivity index (χ0n) is 29.1. The molecule has 2 nitrogen and oxygen atoms in total. The molecule has 0 amide bonds. The van der Waals surface area contributed by atoms with Crippen LogP contribution >= 0.6 is 0 Å². The molecule has 8 aromatic carbocycles. The van der Waals surface area contributed by atoms with Crippen LogP contribution in [0.2, 0.25) is 0 Å². The topological polar surface area (TPSA) is 22.4 Å². The first-order chi connectivity index (χ1) is 25.1. The maximum Gasteiger partial charge on any atom is 0.142 e. The maximum atomic E-state index is 6.53. The Morgan fingerprint density at radius 2 is 1.12 bits per heavy atom. The third kappa shape index (κ3) is 5.23. The van der Waals surface area contributed by atoms with Gasteiger partial charge in [-0.05, 0) is 104 Å². The Kier molecular flexibility index (Phi) is 7.75. The highest BCUT2D eigenvalue weighted by Gasteiger charge is 2.21. The first-order valence-corrected chi connectivity index (χ1v) is 17.9. The SMILES string of the molecule is CCOC(C)/C=C\c1c(C)oc2c1cc(-c1c3ccccc3c(-c3cccc(-c4cccc5ccccc45)c3)c3ccccc13)c1ccccc12. The fraction of sp³-hybridized carbons (Fsp3) is 0.102. The minimum Gasteiger partial charge on any atom is -0.460 e. The van der Waals surface area contributed by atoms with Gasteiger partial charge in [-0.2, -0.15) is 0 Å². The smallest absolute Gasteiger partial charge is 0.142 e. The minimum absolute atomic E-state index is 0.0128. The second kappa shape index (κ2) is 12.7. The van der Waals surface area contributed by atoms with E-state index in [1.807, 2.05) is 6.92 Å². The van der Waals surface area contributed by atoms with Crippen LogP contribution in [0.1, 0.15) is 25.2 Å². The highest BCUT2D eigenvalue weighted by atomic mass is 16.5. The van der Waals surface area contributed by atoms with Gasteiger partial charge < -0.3 is 9.15 Å². The van der Waals surface area contributed by atoms with E-state index in [9.17, 15) is 0 Å². The van der Waals surface area contributed by atoms with E-state index in [0.717, 1.165) is 27.7 Å². The van der Waals surface area contributed by atoms with Gasteiger partial charge in [0.2, 0.25) is 0 Å². The van der Waals surface area contributed by atoms with E-state index in [2.05, 4.69) is 172 Å². The molecule has 0 N–H and O–H groups in total. The molecule has 2 heteroatoms. The summed E-state index contributed by atoms with van der Waals surface area (Å²) in [4.78, 5) is 0. The van der Waals surface area contributed by atoms with E-state index >= 15 is 0 Å². The standard InChI is InChI=1S/C49H38O2/c1-4-50-31(2)27-28-36-32(3)51-49-44-25-12-7-20-39(44)45(30-46(36)49)48-42-23-10-8-21-40(42)47(41-22-9-11-24-43(41)48)35-18-13-17-34(29-35)38-26-14-16-33-15-5-6-19-37(33)38/h5-31H,4H2,1-3H3/b28-27-. The summed E-state index contributed by atoms with van der Waals surface area (Å²) in [5.74, 6) is 0.906. The van der Waals surface area contributed by atoms with Crippen molar-refractivity contribution in [3.05, 3.63) is 163 Å². The summed E-state index contributed by atoms with van der Waals surface area (Å²) < 4.78 is 12.4. The van der Waals surface area contributed by atoms with Crippen molar-refractivity contribution in [2.45, 2.75) is 26.9 Å². The molecule has 0 aliphatic heterocycles. The van der Waals surface area contributed by atoms with Gasteiger partial charge in [-0.15, -0.1) is 0 Å². The molecule has 9 aromatic rings. The summed E-state index contributed by atoms with van der Waals surface area (Å²) in [5, 5.41) is 10.9. The van der Waals surface area contributed by atoms with Gasteiger partial charge in [0, 0.05) is 22.9 Å². The predicted octanol–water partition coefficient (Wildman–Crippen LogP) is 13.8. The van der Waals surface area contributed by atoms with Gasteiger partial charge >= 0.3 is 0 Å². The molecule has 1 atom stereocenters. The van der Waals surface area contributed by atoms with Crippen LogP contribution in [0.5, 0.6) is 0 Å². The lowest BCUT2D eigenvalue weighted by Crippen LogP contribution is -2.02. The summed E-state index contributed by atoms with van der Waals surface area (Å²) in [7, 11) is 0. The summed E-state index contributed by atoms with van der Waals surface area (Å²) in [6.07, 6.45) is 4.31. The Morgan fingerprint density at radius 3 is 1.82 bits per heavy atom. The molecule has 0 radical (unpaired) electrons. The molecule has 0 aliphatic rings. The van der Waals surface area contributed by atoms with Crippen LogP contribution in [-0.4, -0.2) is 12.7 Å². The lowest BCUT2D eigenvalue weighted by molar-refractivity contribution is 0.110. The molecule has 0 aliphatic carbocycles. The van der Waals surface area contributed by atoms with Gasteiger partial charge in [-0.1, -0.05) is 146 Å². The Bertz CT molecular complexity index is 2740. The van der Waals surface area contributed by atoms with Crippen LogP contribution in [-0.2, 0) is 4.74 Å². The third-order valence-corrected chi connectivity index (χ3v) is 10.3. The molecular weight excluding hydrogens is 621 g/mol. The zero-order chi connectivity index (χ0) is 34.5. The lowest BCUT2D eigenvalue weighted by Gasteiger charge is -2.19. The van der Waals surface area contributed by atoms with Crippen molar-refractivity contribution >= 4 is 60.1 Å². The fourth-order valence-corrected chi connectivity index (χ4v) is 8.07. The molecule has 246 valence electrons. The number of hydrogen-bond acceptors (Lipinski definition) is 2. The highest BCUT2D eigenvalue weighted by Crippen LogP contribution is 2.48. The fourth-order valence-electron chi connectivity index (χ4n) is 8.07. The van der Waals surface area contributed by atoms with E-state index < -0.39 is 0 Å². The largest absolute Gasteiger partial charge is 0.460 e. The van der Waals surface area contributed by atoms with Crippen LogP contribution in [0.3, 0.4) is 0 Å². The number of ether oxygens (including phenoxy) is 1. The lowest BCUT2D eigenvalue weighted by atomic mass is 9.83. The average Bonchev–Trinajstić information content (AvgIpc) is 3.50. The Balaban J connectivity index is 1.33. The van der Waals surface area contributed by atoms with Gasteiger partial charge in [0.25, 0.3) is 0 Å². The first kappa shape index (κ1) is 31.1. The molecule has 0 bridgehead atoms. The molecule has 51 heavy (non-hydrogen) atoms. The van der Waals surface area contributed by atoms with E-state index in [-0.39, 0.29) is 6.10 Å². The van der Waals surface area contributed by atoms with Gasteiger partial charge in [0.1, 0.15) is 11.3 Å². The van der Waals surface area contributed by atoms with Crippen LogP contribution < -0.4 is 0 Å². The van der Waals surface area contributed by atoms with Gasteiger partial charge in [-0.25, -0.2) is 0 Å². The van der Waals surface area contributed by atoms with E-state index in [0.29, 0.717) is 6.61 Å². The number of fused-ring (bicyclic) bond motifs is 6. The highest BCUT2D eigenvalue weighted by molar-refractivity contribution is 6.25. The number of furan rings is 1. The first-order valence-electron chi connectivity index (χ1n) is 17.9.